The lowest BCUT2D eigenvalue weighted by atomic mass is 10.00. The lowest BCUT2D eigenvalue weighted by molar-refractivity contribution is -0.141. The van der Waals surface area contributed by atoms with Gasteiger partial charge in [0.1, 0.15) is 0 Å². The minimum absolute atomic E-state index is 0.134. The van der Waals surface area contributed by atoms with Crippen molar-refractivity contribution in [1.82, 2.24) is 0 Å². The number of carboxylic acids is 1. The average Bonchev–Trinajstić information content (AvgIpc) is 1.97. The molecule has 0 aromatic rings. The molecular formula is C8H13NO2. The summed E-state index contributed by atoms with van der Waals surface area (Å²) in [6.45, 7) is 2.01. The number of nitriles is 1. The van der Waals surface area contributed by atoms with Crippen LogP contribution in [0.1, 0.15) is 32.6 Å². The van der Waals surface area contributed by atoms with Crippen molar-refractivity contribution in [3.8, 4) is 6.07 Å². The Labute approximate surface area is 66.6 Å². The number of rotatable bonds is 5. The van der Waals surface area contributed by atoms with Gasteiger partial charge in [-0.15, -0.1) is 0 Å². The van der Waals surface area contributed by atoms with Crippen molar-refractivity contribution >= 4 is 5.97 Å². The van der Waals surface area contributed by atoms with Gasteiger partial charge in [0, 0.05) is 6.42 Å². The Morgan fingerprint density at radius 2 is 2.36 bits per heavy atom. The molecule has 0 heterocycles. The molecular weight excluding hydrogens is 142 g/mol. The Morgan fingerprint density at radius 3 is 2.73 bits per heavy atom. The van der Waals surface area contributed by atoms with Crippen molar-refractivity contribution in [2.75, 3.05) is 0 Å². The van der Waals surface area contributed by atoms with Crippen LogP contribution in [-0.4, -0.2) is 11.1 Å². The second kappa shape index (κ2) is 5.72. The van der Waals surface area contributed by atoms with Gasteiger partial charge in [-0.1, -0.05) is 19.8 Å². The Morgan fingerprint density at radius 1 is 1.73 bits per heavy atom. The summed E-state index contributed by atoms with van der Waals surface area (Å²) in [7, 11) is 0. The van der Waals surface area contributed by atoms with Gasteiger partial charge < -0.3 is 5.11 Å². The summed E-state index contributed by atoms with van der Waals surface area (Å²) in [6.07, 6.45) is 2.63. The molecule has 1 N–H and O–H groups in total. The monoisotopic (exact) mass is 155 g/mol. The maximum atomic E-state index is 10.4. The van der Waals surface area contributed by atoms with Gasteiger partial charge in [0.2, 0.25) is 0 Å². The van der Waals surface area contributed by atoms with Crippen LogP contribution >= 0.6 is 0 Å². The number of unbranched alkanes of at least 4 members (excludes halogenated alkanes) is 1. The SMILES string of the molecule is CCCC[C@@H](CC#N)C(=O)O. The van der Waals surface area contributed by atoms with Crippen LogP contribution in [0, 0.1) is 17.2 Å². The zero-order valence-corrected chi connectivity index (χ0v) is 6.71. The van der Waals surface area contributed by atoms with Crippen LogP contribution in [0.2, 0.25) is 0 Å². The van der Waals surface area contributed by atoms with Crippen LogP contribution in [0.4, 0.5) is 0 Å². The standard InChI is InChI=1S/C8H13NO2/c1-2-3-4-7(5-6-9)8(10)11/h7H,2-5H2,1H3,(H,10,11)/t7-/m0/s1. The topological polar surface area (TPSA) is 61.1 Å². The minimum atomic E-state index is -0.847. The van der Waals surface area contributed by atoms with Crippen LogP contribution in [0.25, 0.3) is 0 Å². The molecule has 0 aliphatic heterocycles. The van der Waals surface area contributed by atoms with E-state index in [0.29, 0.717) is 6.42 Å². The molecule has 0 amide bonds. The maximum Gasteiger partial charge on any atom is 0.307 e. The number of carbonyl (C=O) groups is 1. The molecule has 0 saturated heterocycles. The first-order chi connectivity index (χ1) is 5.22. The van der Waals surface area contributed by atoms with Gasteiger partial charge >= 0.3 is 5.97 Å². The third-order valence-corrected chi connectivity index (χ3v) is 1.59. The molecule has 11 heavy (non-hydrogen) atoms. The van der Waals surface area contributed by atoms with Crippen molar-refractivity contribution < 1.29 is 9.90 Å². The first kappa shape index (κ1) is 9.96. The predicted molar refractivity (Wildman–Crippen MR) is 40.9 cm³/mol. The highest BCUT2D eigenvalue weighted by atomic mass is 16.4. The van der Waals surface area contributed by atoms with Crippen LogP contribution < -0.4 is 0 Å². The Bertz CT molecular complexity index is 160. The van der Waals surface area contributed by atoms with E-state index in [1.165, 1.54) is 0 Å². The molecule has 0 spiro atoms. The van der Waals surface area contributed by atoms with Crippen LogP contribution in [0.3, 0.4) is 0 Å². The molecule has 0 aliphatic rings. The van der Waals surface area contributed by atoms with Gasteiger partial charge in [-0.05, 0) is 6.42 Å². The zero-order chi connectivity index (χ0) is 8.69. The number of aliphatic carboxylic acids is 1. The summed E-state index contributed by atoms with van der Waals surface area (Å²) in [6, 6.07) is 1.88. The third-order valence-electron chi connectivity index (χ3n) is 1.59. The van der Waals surface area contributed by atoms with E-state index >= 15 is 0 Å². The summed E-state index contributed by atoms with van der Waals surface area (Å²) >= 11 is 0. The molecule has 0 aromatic carbocycles. The highest BCUT2D eigenvalue weighted by Gasteiger charge is 2.15. The smallest absolute Gasteiger partial charge is 0.307 e. The van der Waals surface area contributed by atoms with E-state index in [2.05, 4.69) is 0 Å². The Kier molecular flexibility index (Phi) is 5.18. The van der Waals surface area contributed by atoms with Crippen LogP contribution in [0.5, 0.6) is 0 Å². The fourth-order valence-corrected chi connectivity index (χ4v) is 0.874. The molecule has 3 heteroatoms. The first-order valence-electron chi connectivity index (χ1n) is 3.82. The summed E-state index contributed by atoms with van der Waals surface area (Å²) in [5, 5.41) is 16.9. The highest BCUT2D eigenvalue weighted by Crippen LogP contribution is 2.11. The minimum Gasteiger partial charge on any atom is -0.481 e. The number of nitrogens with zero attached hydrogens (tertiary/aromatic N) is 1. The summed E-state index contributed by atoms with van der Waals surface area (Å²) in [4.78, 5) is 10.4. The average molecular weight is 155 g/mol. The van der Waals surface area contributed by atoms with Crippen LogP contribution in [-0.2, 0) is 4.79 Å². The molecule has 0 rings (SSSR count). The van der Waals surface area contributed by atoms with Gasteiger partial charge in [-0.3, -0.25) is 4.79 Å². The molecule has 62 valence electrons. The van der Waals surface area contributed by atoms with Gasteiger partial charge in [-0.25, -0.2) is 0 Å². The van der Waals surface area contributed by atoms with Crippen LogP contribution in [0.15, 0.2) is 0 Å². The second-order valence-corrected chi connectivity index (χ2v) is 2.54. The molecule has 0 fully saturated rings. The summed E-state index contributed by atoms with van der Waals surface area (Å²) in [5.74, 6) is -1.31. The van der Waals surface area contributed by atoms with Gasteiger partial charge in [0.05, 0.1) is 12.0 Å². The van der Waals surface area contributed by atoms with Crippen molar-refractivity contribution in [3.63, 3.8) is 0 Å². The summed E-state index contributed by atoms with van der Waals surface area (Å²) < 4.78 is 0. The largest absolute Gasteiger partial charge is 0.481 e. The highest BCUT2D eigenvalue weighted by molar-refractivity contribution is 5.70. The van der Waals surface area contributed by atoms with Gasteiger partial charge in [-0.2, -0.15) is 5.26 Å². The third kappa shape index (κ3) is 4.38. The summed E-state index contributed by atoms with van der Waals surface area (Å²) in [5.41, 5.74) is 0. The zero-order valence-electron chi connectivity index (χ0n) is 6.71. The molecule has 0 bridgehead atoms. The molecule has 3 nitrogen and oxygen atoms in total. The Hall–Kier alpha value is -1.04. The lowest BCUT2D eigenvalue weighted by Crippen LogP contribution is -2.12. The second-order valence-electron chi connectivity index (χ2n) is 2.54. The van der Waals surface area contributed by atoms with E-state index in [4.69, 9.17) is 10.4 Å². The normalized spacial score (nSPS) is 12.0. The number of hydrogen-bond donors (Lipinski definition) is 1. The Balaban J connectivity index is 3.72. The fraction of sp³-hybridized carbons (Fsp3) is 0.750. The van der Waals surface area contributed by atoms with Crippen molar-refractivity contribution in [2.24, 2.45) is 5.92 Å². The van der Waals surface area contributed by atoms with Crippen molar-refractivity contribution in [2.45, 2.75) is 32.6 Å². The molecule has 0 aliphatic carbocycles. The van der Waals surface area contributed by atoms with E-state index in [1.807, 2.05) is 13.0 Å². The van der Waals surface area contributed by atoms with E-state index < -0.39 is 11.9 Å². The van der Waals surface area contributed by atoms with E-state index in [9.17, 15) is 4.79 Å². The number of carboxylic acid groups (broad SMARTS) is 1. The van der Waals surface area contributed by atoms with Crippen molar-refractivity contribution in [3.05, 3.63) is 0 Å². The van der Waals surface area contributed by atoms with E-state index in [1.54, 1.807) is 0 Å². The lowest BCUT2D eigenvalue weighted by Gasteiger charge is -2.05. The van der Waals surface area contributed by atoms with Gasteiger partial charge in [0.15, 0.2) is 0 Å². The fourth-order valence-electron chi connectivity index (χ4n) is 0.874. The molecule has 1 atom stereocenters. The molecule has 0 aromatic heterocycles. The quantitative estimate of drug-likeness (QED) is 0.658. The van der Waals surface area contributed by atoms with Crippen molar-refractivity contribution in [1.29, 1.82) is 5.26 Å². The van der Waals surface area contributed by atoms with E-state index in [0.717, 1.165) is 12.8 Å². The molecule has 0 unspecified atom stereocenters. The molecule has 0 radical (unpaired) electrons. The van der Waals surface area contributed by atoms with E-state index in [-0.39, 0.29) is 6.42 Å². The number of hydrogen-bond acceptors (Lipinski definition) is 2. The van der Waals surface area contributed by atoms with Gasteiger partial charge in [0.25, 0.3) is 0 Å². The first-order valence-corrected chi connectivity index (χ1v) is 3.82. The molecule has 0 saturated carbocycles. The predicted octanol–water partition coefficient (Wildman–Crippen LogP) is 1.79. The maximum absolute atomic E-state index is 10.4.